The molecular formula is C57H38N2O2. The van der Waals surface area contributed by atoms with Gasteiger partial charge in [0.2, 0.25) is 0 Å². The minimum absolute atomic E-state index is 0.676. The summed E-state index contributed by atoms with van der Waals surface area (Å²) in [5, 5.41) is 9.66. The van der Waals surface area contributed by atoms with Crippen LogP contribution in [0.3, 0.4) is 0 Å². The SMILES string of the molecule is O=Cc1ccc(-c2c3ccccc3c(-c3ccc4c(c3)CN3CN4Cc4cc(-c5c6ccccc6c(-c6ccc(C=O)cc6)c6ccccc56)ccc43)c3ccccc23)cc1. The number of aldehydes is 2. The van der Waals surface area contributed by atoms with Crippen molar-refractivity contribution in [3.05, 3.63) is 204 Å². The highest BCUT2D eigenvalue weighted by molar-refractivity contribution is 6.23. The van der Waals surface area contributed by atoms with Gasteiger partial charge in [-0.3, -0.25) is 9.59 Å². The summed E-state index contributed by atoms with van der Waals surface area (Å²) in [6.45, 7) is 2.50. The molecule has 2 aliphatic heterocycles. The van der Waals surface area contributed by atoms with Gasteiger partial charge in [-0.25, -0.2) is 0 Å². The van der Waals surface area contributed by atoms with E-state index in [1.807, 2.05) is 24.3 Å². The third kappa shape index (κ3) is 5.53. The number of anilines is 2. The Kier molecular flexibility index (Phi) is 8.01. The molecule has 0 saturated carbocycles. The molecular weight excluding hydrogens is 745 g/mol. The molecule has 0 aliphatic carbocycles. The predicted octanol–water partition coefficient (Wildman–Crippen LogP) is 13.9. The Balaban J connectivity index is 0.950. The first-order valence-electron chi connectivity index (χ1n) is 20.9. The number of carbonyl (C=O) groups is 2. The third-order valence-corrected chi connectivity index (χ3v) is 13.0. The van der Waals surface area contributed by atoms with Crippen LogP contribution in [0.5, 0.6) is 0 Å². The maximum atomic E-state index is 11.5. The molecule has 10 aromatic rings. The summed E-state index contributed by atoms with van der Waals surface area (Å²) in [6, 6.07) is 65.0. The van der Waals surface area contributed by atoms with Crippen LogP contribution in [0.1, 0.15) is 31.8 Å². The largest absolute Gasteiger partial charge is 0.349 e. The quantitative estimate of drug-likeness (QED) is 0.124. The molecule has 61 heavy (non-hydrogen) atoms. The molecule has 4 heteroatoms. The smallest absolute Gasteiger partial charge is 0.150 e. The summed E-state index contributed by atoms with van der Waals surface area (Å²) in [7, 11) is 0. The molecule has 0 N–H and O–H groups in total. The number of benzene rings is 10. The lowest BCUT2D eigenvalue weighted by atomic mass is 9.85. The Morgan fingerprint density at radius 3 is 0.902 bits per heavy atom. The summed E-state index contributed by atoms with van der Waals surface area (Å²) in [4.78, 5) is 28.1. The Morgan fingerprint density at radius 1 is 0.328 bits per heavy atom. The van der Waals surface area contributed by atoms with E-state index in [0.717, 1.165) is 43.5 Å². The van der Waals surface area contributed by atoms with Gasteiger partial charge in [0, 0.05) is 35.6 Å². The maximum Gasteiger partial charge on any atom is 0.150 e. The topological polar surface area (TPSA) is 40.6 Å². The lowest BCUT2D eigenvalue weighted by Crippen LogP contribution is -2.46. The Morgan fingerprint density at radius 2 is 0.607 bits per heavy atom. The van der Waals surface area contributed by atoms with E-state index < -0.39 is 0 Å². The first-order chi connectivity index (χ1) is 30.1. The van der Waals surface area contributed by atoms with E-state index in [1.165, 1.54) is 99.0 Å². The van der Waals surface area contributed by atoms with Crippen LogP contribution in [0.4, 0.5) is 11.4 Å². The van der Waals surface area contributed by atoms with Crippen molar-refractivity contribution < 1.29 is 9.59 Å². The predicted molar refractivity (Wildman–Crippen MR) is 253 cm³/mol. The summed E-state index contributed by atoms with van der Waals surface area (Å²) in [6.07, 6.45) is 1.80. The Labute approximate surface area is 353 Å². The fraction of sp³-hybridized carbons (Fsp3) is 0.0526. The zero-order valence-corrected chi connectivity index (χ0v) is 33.3. The van der Waals surface area contributed by atoms with Crippen LogP contribution in [-0.4, -0.2) is 19.2 Å². The van der Waals surface area contributed by atoms with Crippen molar-refractivity contribution >= 4 is 67.0 Å². The van der Waals surface area contributed by atoms with E-state index in [9.17, 15) is 9.59 Å². The van der Waals surface area contributed by atoms with Crippen molar-refractivity contribution in [1.82, 2.24) is 0 Å². The monoisotopic (exact) mass is 782 g/mol. The molecule has 0 unspecified atom stereocenters. The first-order valence-corrected chi connectivity index (χ1v) is 20.9. The summed E-state index contributed by atoms with van der Waals surface area (Å²) in [5.74, 6) is 0. The lowest BCUT2D eigenvalue weighted by Gasteiger charge is -2.45. The number of rotatable bonds is 6. The highest BCUT2D eigenvalue weighted by Crippen LogP contribution is 2.48. The molecule has 0 spiro atoms. The van der Waals surface area contributed by atoms with Crippen LogP contribution in [0.25, 0.3) is 87.6 Å². The second-order valence-electron chi connectivity index (χ2n) is 16.4. The molecule has 2 bridgehead atoms. The summed E-state index contributed by atoms with van der Waals surface area (Å²) in [5.41, 5.74) is 16.1. The van der Waals surface area contributed by atoms with Crippen LogP contribution >= 0.6 is 0 Å². The van der Waals surface area contributed by atoms with Crippen LogP contribution in [0, 0.1) is 0 Å². The molecule has 2 heterocycles. The van der Waals surface area contributed by atoms with Crippen LogP contribution in [0.2, 0.25) is 0 Å². The highest BCUT2D eigenvalue weighted by Gasteiger charge is 2.31. The van der Waals surface area contributed by atoms with Gasteiger partial charge in [0.15, 0.2) is 0 Å². The van der Waals surface area contributed by atoms with E-state index in [0.29, 0.717) is 11.1 Å². The number of hydrogen-bond acceptors (Lipinski definition) is 4. The normalized spacial score (nSPS) is 13.1. The molecule has 288 valence electrons. The molecule has 0 aromatic heterocycles. The number of nitrogens with zero attached hydrogens (tertiary/aromatic N) is 2. The van der Waals surface area contributed by atoms with E-state index in [4.69, 9.17) is 0 Å². The van der Waals surface area contributed by atoms with Crippen molar-refractivity contribution in [3.8, 4) is 44.5 Å². The van der Waals surface area contributed by atoms with E-state index in [2.05, 4.69) is 168 Å². The van der Waals surface area contributed by atoms with Gasteiger partial charge in [0.25, 0.3) is 0 Å². The second-order valence-corrected chi connectivity index (χ2v) is 16.4. The van der Waals surface area contributed by atoms with Gasteiger partial charge in [-0.2, -0.15) is 0 Å². The summed E-state index contributed by atoms with van der Waals surface area (Å²) >= 11 is 0. The Hall–Kier alpha value is -7.82. The zero-order chi connectivity index (χ0) is 40.6. The molecule has 0 radical (unpaired) electrons. The van der Waals surface area contributed by atoms with Crippen molar-refractivity contribution in [2.45, 2.75) is 13.1 Å². The maximum absolute atomic E-state index is 11.5. The lowest BCUT2D eigenvalue weighted by molar-refractivity contribution is 0.111. The fourth-order valence-corrected chi connectivity index (χ4v) is 10.3. The third-order valence-electron chi connectivity index (χ3n) is 13.0. The molecule has 0 saturated heterocycles. The van der Waals surface area contributed by atoms with Gasteiger partial charge in [-0.1, -0.05) is 158 Å². The Bertz CT molecular complexity index is 3100. The van der Waals surface area contributed by atoms with Gasteiger partial charge in [0.1, 0.15) is 12.6 Å². The van der Waals surface area contributed by atoms with Gasteiger partial charge < -0.3 is 9.80 Å². The van der Waals surface area contributed by atoms with Crippen molar-refractivity contribution in [3.63, 3.8) is 0 Å². The molecule has 12 rings (SSSR count). The van der Waals surface area contributed by atoms with Gasteiger partial charge in [0.05, 0.1) is 6.67 Å². The molecule has 4 nitrogen and oxygen atoms in total. The van der Waals surface area contributed by atoms with Crippen molar-refractivity contribution in [2.24, 2.45) is 0 Å². The minimum atomic E-state index is 0.676. The minimum Gasteiger partial charge on any atom is -0.349 e. The van der Waals surface area contributed by atoms with Crippen LogP contribution < -0.4 is 9.80 Å². The number of fused-ring (bicyclic) bond motifs is 10. The molecule has 0 amide bonds. The van der Waals surface area contributed by atoms with Gasteiger partial charge in [-0.05, 0) is 123 Å². The summed E-state index contributed by atoms with van der Waals surface area (Å²) < 4.78 is 0. The van der Waals surface area contributed by atoms with Crippen molar-refractivity contribution in [1.29, 1.82) is 0 Å². The van der Waals surface area contributed by atoms with E-state index in [1.54, 1.807) is 0 Å². The molecule has 10 aromatic carbocycles. The van der Waals surface area contributed by atoms with E-state index >= 15 is 0 Å². The number of hydrogen-bond donors (Lipinski definition) is 0. The molecule has 0 fully saturated rings. The van der Waals surface area contributed by atoms with Crippen LogP contribution in [0.15, 0.2) is 182 Å². The van der Waals surface area contributed by atoms with Gasteiger partial charge >= 0.3 is 0 Å². The van der Waals surface area contributed by atoms with Gasteiger partial charge in [-0.15, -0.1) is 0 Å². The number of carbonyl (C=O) groups excluding carboxylic acids is 2. The fourth-order valence-electron chi connectivity index (χ4n) is 10.3. The second kappa shape index (κ2) is 13.9. The molecule has 0 atom stereocenters. The first kappa shape index (κ1) is 35.2. The average Bonchev–Trinajstić information content (AvgIpc) is 3.32. The molecule has 2 aliphatic rings. The standard InChI is InChI=1S/C57H38N2O2/c60-33-36-17-21-38(22-18-36)54-44-9-1-5-13-48(44)56(49-14-6-2-10-45(49)54)40-25-27-52-42(29-40)31-58-35-59(52)32-43-30-41(26-28-53(43)58)57-50-15-7-3-11-46(50)55(47-12-4-8-16-51(47)57)39-23-19-37(34-61)20-24-39/h1-30,33-34H,31-32,35H2. The van der Waals surface area contributed by atoms with E-state index in [-0.39, 0.29) is 0 Å². The van der Waals surface area contributed by atoms with Crippen LogP contribution in [-0.2, 0) is 13.1 Å². The highest BCUT2D eigenvalue weighted by atomic mass is 16.1. The van der Waals surface area contributed by atoms with Crippen molar-refractivity contribution in [2.75, 3.05) is 16.5 Å². The average molecular weight is 783 g/mol. The zero-order valence-electron chi connectivity index (χ0n) is 33.3.